The van der Waals surface area contributed by atoms with Crippen molar-refractivity contribution in [3.8, 4) is 0 Å². The summed E-state index contributed by atoms with van der Waals surface area (Å²) in [6.45, 7) is 5.71. The van der Waals surface area contributed by atoms with Gasteiger partial charge in [-0.05, 0) is 39.0 Å². The minimum Gasteiger partial charge on any atom is -0.390 e. The third kappa shape index (κ3) is 4.80. The quantitative estimate of drug-likeness (QED) is 0.579. The SMILES string of the molecule is C[CH][CH][CH][CH][C@@](C)(O)CC. The van der Waals surface area contributed by atoms with E-state index in [4.69, 9.17) is 0 Å². The lowest BCUT2D eigenvalue weighted by atomic mass is 9.96. The summed E-state index contributed by atoms with van der Waals surface area (Å²) >= 11 is 0. The zero-order valence-corrected chi connectivity index (χ0v) is 6.96. The molecule has 0 bridgehead atoms. The maximum Gasteiger partial charge on any atom is 0.0651 e. The molecule has 58 valence electrons. The van der Waals surface area contributed by atoms with Gasteiger partial charge in [0.2, 0.25) is 0 Å². The lowest BCUT2D eigenvalue weighted by molar-refractivity contribution is 0.0928. The van der Waals surface area contributed by atoms with E-state index in [0.29, 0.717) is 0 Å². The molecule has 10 heavy (non-hydrogen) atoms. The smallest absolute Gasteiger partial charge is 0.0651 e. The first-order valence-electron chi connectivity index (χ1n) is 3.65. The predicted octanol–water partition coefficient (Wildman–Crippen LogP) is 1.98. The highest BCUT2D eigenvalue weighted by Gasteiger charge is 2.16. The van der Waals surface area contributed by atoms with Gasteiger partial charge in [0.25, 0.3) is 0 Å². The van der Waals surface area contributed by atoms with Crippen LogP contribution >= 0.6 is 0 Å². The Morgan fingerprint density at radius 1 is 1.40 bits per heavy atom. The maximum atomic E-state index is 9.43. The van der Waals surface area contributed by atoms with Crippen LogP contribution in [0.3, 0.4) is 0 Å². The van der Waals surface area contributed by atoms with Gasteiger partial charge in [-0.2, -0.15) is 0 Å². The number of aliphatic hydroxyl groups is 1. The monoisotopic (exact) mass is 140 g/mol. The van der Waals surface area contributed by atoms with E-state index in [9.17, 15) is 5.11 Å². The van der Waals surface area contributed by atoms with E-state index in [2.05, 4.69) is 0 Å². The summed E-state index contributed by atoms with van der Waals surface area (Å²) in [5.74, 6) is 0. The van der Waals surface area contributed by atoms with Crippen LogP contribution in [-0.4, -0.2) is 10.7 Å². The Morgan fingerprint density at radius 2 is 2.00 bits per heavy atom. The van der Waals surface area contributed by atoms with Crippen LogP contribution in [-0.2, 0) is 0 Å². The predicted molar refractivity (Wildman–Crippen MR) is 43.8 cm³/mol. The fourth-order valence-corrected chi connectivity index (χ4v) is 0.492. The van der Waals surface area contributed by atoms with Gasteiger partial charge in [0.05, 0.1) is 5.60 Å². The molecule has 0 aliphatic rings. The number of hydrogen-bond acceptors (Lipinski definition) is 1. The van der Waals surface area contributed by atoms with E-state index in [0.717, 1.165) is 6.42 Å². The van der Waals surface area contributed by atoms with Crippen molar-refractivity contribution in [2.24, 2.45) is 0 Å². The van der Waals surface area contributed by atoms with Crippen LogP contribution in [0.5, 0.6) is 0 Å². The molecule has 0 fully saturated rings. The first-order chi connectivity index (χ1) is 4.62. The Morgan fingerprint density at radius 3 is 2.40 bits per heavy atom. The topological polar surface area (TPSA) is 20.2 Å². The van der Waals surface area contributed by atoms with Crippen molar-refractivity contribution in [1.82, 2.24) is 0 Å². The molecule has 0 unspecified atom stereocenters. The molecule has 0 saturated carbocycles. The van der Waals surface area contributed by atoms with Gasteiger partial charge in [-0.1, -0.05) is 13.8 Å². The second-order valence-corrected chi connectivity index (χ2v) is 2.60. The van der Waals surface area contributed by atoms with Crippen molar-refractivity contribution < 1.29 is 5.11 Å². The van der Waals surface area contributed by atoms with E-state index >= 15 is 0 Å². The second kappa shape index (κ2) is 4.73. The molecule has 0 aromatic carbocycles. The zero-order valence-electron chi connectivity index (χ0n) is 6.96. The largest absolute Gasteiger partial charge is 0.390 e. The third-order valence-electron chi connectivity index (χ3n) is 1.47. The summed E-state index contributed by atoms with van der Waals surface area (Å²) < 4.78 is 0. The molecule has 0 aromatic heterocycles. The molecule has 0 heterocycles. The van der Waals surface area contributed by atoms with Crippen molar-refractivity contribution >= 4 is 0 Å². The molecule has 0 amide bonds. The van der Waals surface area contributed by atoms with Crippen LogP contribution < -0.4 is 0 Å². The Balaban J connectivity index is 3.28. The molecule has 0 saturated heterocycles. The fraction of sp³-hybridized carbons (Fsp3) is 0.556. The van der Waals surface area contributed by atoms with Gasteiger partial charge >= 0.3 is 0 Å². The Kier molecular flexibility index (Phi) is 4.71. The van der Waals surface area contributed by atoms with Crippen LogP contribution in [0.25, 0.3) is 0 Å². The molecule has 1 heteroatoms. The van der Waals surface area contributed by atoms with Crippen molar-refractivity contribution in [1.29, 1.82) is 0 Å². The lowest BCUT2D eigenvalue weighted by Crippen LogP contribution is -2.23. The minimum absolute atomic E-state index is 0.639. The van der Waals surface area contributed by atoms with Crippen LogP contribution in [0, 0.1) is 25.7 Å². The normalized spacial score (nSPS) is 16.8. The van der Waals surface area contributed by atoms with Gasteiger partial charge in [0, 0.05) is 0 Å². The molecule has 0 rings (SSSR count). The second-order valence-electron chi connectivity index (χ2n) is 2.60. The number of unbranched alkanes of at least 4 members (excludes halogenated alkanes) is 2. The highest BCUT2D eigenvalue weighted by molar-refractivity contribution is 5.08. The first-order valence-corrected chi connectivity index (χ1v) is 3.65. The molecule has 1 atom stereocenters. The fourth-order valence-electron chi connectivity index (χ4n) is 0.492. The first kappa shape index (κ1) is 9.96. The van der Waals surface area contributed by atoms with Crippen LogP contribution in [0.4, 0.5) is 0 Å². The molecule has 0 aliphatic heterocycles. The highest BCUT2D eigenvalue weighted by Crippen LogP contribution is 2.14. The molecular formula is C9H16O. The summed E-state index contributed by atoms with van der Waals surface area (Å²) in [7, 11) is 0. The van der Waals surface area contributed by atoms with Crippen LogP contribution in [0.15, 0.2) is 0 Å². The van der Waals surface area contributed by atoms with Crippen molar-refractivity contribution in [3.05, 3.63) is 25.7 Å². The van der Waals surface area contributed by atoms with Gasteiger partial charge in [0.1, 0.15) is 0 Å². The van der Waals surface area contributed by atoms with Crippen molar-refractivity contribution in [2.45, 2.75) is 32.8 Å². The Hall–Kier alpha value is -0.0400. The molecular weight excluding hydrogens is 124 g/mol. The summed E-state index contributed by atoms with van der Waals surface area (Å²) in [5, 5.41) is 9.43. The van der Waals surface area contributed by atoms with Gasteiger partial charge in [-0.3, -0.25) is 0 Å². The van der Waals surface area contributed by atoms with Gasteiger partial charge in [0.15, 0.2) is 0 Å². The summed E-state index contributed by atoms with van der Waals surface area (Å²) in [5.41, 5.74) is -0.639. The highest BCUT2D eigenvalue weighted by atomic mass is 16.3. The average molecular weight is 140 g/mol. The third-order valence-corrected chi connectivity index (χ3v) is 1.47. The minimum atomic E-state index is -0.639. The van der Waals surface area contributed by atoms with E-state index in [1.54, 1.807) is 13.3 Å². The van der Waals surface area contributed by atoms with Gasteiger partial charge in [-0.25, -0.2) is 0 Å². The molecule has 0 aliphatic carbocycles. The molecule has 1 N–H and O–H groups in total. The standard InChI is InChI=1S/C9H16O/c1-4-6-7-8-9(3,10)5-2/h4,6-8,10H,5H2,1-3H3/t9-/m0/s1. The average Bonchev–Trinajstić information content (AvgIpc) is 1.89. The van der Waals surface area contributed by atoms with Crippen LogP contribution in [0.2, 0.25) is 0 Å². The van der Waals surface area contributed by atoms with Crippen molar-refractivity contribution in [3.63, 3.8) is 0 Å². The summed E-state index contributed by atoms with van der Waals surface area (Å²) in [6.07, 6.45) is 8.25. The van der Waals surface area contributed by atoms with Crippen LogP contribution in [0.1, 0.15) is 27.2 Å². The van der Waals surface area contributed by atoms with E-state index in [-0.39, 0.29) is 0 Å². The summed E-state index contributed by atoms with van der Waals surface area (Å²) in [4.78, 5) is 0. The Labute approximate surface area is 64.5 Å². The molecule has 0 aromatic rings. The zero-order chi connectivity index (χ0) is 8.04. The summed E-state index contributed by atoms with van der Waals surface area (Å²) in [6, 6.07) is 0. The lowest BCUT2D eigenvalue weighted by Gasteiger charge is -2.19. The van der Waals surface area contributed by atoms with Gasteiger partial charge in [-0.15, -0.1) is 0 Å². The molecule has 0 spiro atoms. The Bertz CT molecular complexity index is 76.8. The maximum absolute atomic E-state index is 9.43. The number of hydrogen-bond donors (Lipinski definition) is 1. The molecule has 1 nitrogen and oxygen atoms in total. The van der Waals surface area contributed by atoms with Crippen molar-refractivity contribution in [2.75, 3.05) is 0 Å². The van der Waals surface area contributed by atoms with E-state index < -0.39 is 5.60 Å². The van der Waals surface area contributed by atoms with Gasteiger partial charge < -0.3 is 5.11 Å². The number of rotatable bonds is 5. The molecule has 4 radical (unpaired) electrons. The van der Waals surface area contributed by atoms with E-state index in [1.807, 2.05) is 33.1 Å². The van der Waals surface area contributed by atoms with E-state index in [1.165, 1.54) is 0 Å².